The third kappa shape index (κ3) is 3.18. The van der Waals surface area contributed by atoms with E-state index in [2.05, 4.69) is 50.5 Å². The Labute approximate surface area is 123 Å². The van der Waals surface area contributed by atoms with Gasteiger partial charge in [0.15, 0.2) is 0 Å². The number of hydrogen-bond donors (Lipinski definition) is 0. The summed E-state index contributed by atoms with van der Waals surface area (Å²) in [6, 6.07) is 2.38. The Morgan fingerprint density at radius 1 is 1.37 bits per heavy atom. The molecule has 2 heterocycles. The molecule has 1 saturated heterocycles. The van der Waals surface area contributed by atoms with Gasteiger partial charge in [0.1, 0.15) is 0 Å². The lowest BCUT2D eigenvalue weighted by Gasteiger charge is -2.29. The first-order chi connectivity index (χ1) is 9.19. The van der Waals surface area contributed by atoms with Crippen LogP contribution in [0.15, 0.2) is 4.47 Å². The fourth-order valence-corrected chi connectivity index (χ4v) is 3.29. The van der Waals surface area contributed by atoms with Gasteiger partial charge in [0.2, 0.25) is 0 Å². The SMILES string of the molecule is CCc1nn(CC)c(CN2CCC(C#N)CC2)c1Br. The Morgan fingerprint density at radius 2 is 2.05 bits per heavy atom. The van der Waals surface area contributed by atoms with Crippen molar-refractivity contribution in [3.8, 4) is 6.07 Å². The van der Waals surface area contributed by atoms with Crippen molar-refractivity contribution in [3.63, 3.8) is 0 Å². The fraction of sp³-hybridized carbons (Fsp3) is 0.714. The molecule has 0 amide bonds. The Morgan fingerprint density at radius 3 is 2.58 bits per heavy atom. The summed E-state index contributed by atoms with van der Waals surface area (Å²) in [5, 5.41) is 13.6. The molecule has 0 saturated carbocycles. The molecule has 1 aromatic rings. The molecule has 1 fully saturated rings. The molecule has 1 aliphatic rings. The van der Waals surface area contributed by atoms with Crippen LogP contribution in [0, 0.1) is 17.2 Å². The number of aromatic nitrogens is 2. The number of hydrogen-bond acceptors (Lipinski definition) is 3. The van der Waals surface area contributed by atoms with Crippen LogP contribution < -0.4 is 0 Å². The Balaban J connectivity index is 2.07. The average Bonchev–Trinajstić information content (AvgIpc) is 2.76. The molecule has 0 aliphatic carbocycles. The second kappa shape index (κ2) is 6.53. The second-order valence-electron chi connectivity index (χ2n) is 5.06. The van der Waals surface area contributed by atoms with Gasteiger partial charge in [0.05, 0.1) is 21.9 Å². The summed E-state index contributed by atoms with van der Waals surface area (Å²) in [6.07, 6.45) is 2.95. The van der Waals surface area contributed by atoms with E-state index >= 15 is 0 Å². The molecule has 0 atom stereocenters. The second-order valence-corrected chi connectivity index (χ2v) is 5.85. The van der Waals surface area contributed by atoms with E-state index in [0.29, 0.717) is 0 Å². The summed E-state index contributed by atoms with van der Waals surface area (Å²) in [4.78, 5) is 2.43. The van der Waals surface area contributed by atoms with E-state index < -0.39 is 0 Å². The van der Waals surface area contributed by atoms with E-state index in [4.69, 9.17) is 5.26 Å². The monoisotopic (exact) mass is 324 g/mol. The van der Waals surface area contributed by atoms with E-state index in [-0.39, 0.29) is 5.92 Å². The van der Waals surface area contributed by atoms with Gasteiger partial charge in [-0.2, -0.15) is 10.4 Å². The normalized spacial score (nSPS) is 17.6. The van der Waals surface area contributed by atoms with Gasteiger partial charge in [-0.15, -0.1) is 0 Å². The first-order valence-corrected chi connectivity index (χ1v) is 7.84. The van der Waals surface area contributed by atoms with Crippen LogP contribution in [0.4, 0.5) is 0 Å². The standard InChI is InChI=1S/C14H21BrN4/c1-3-12-14(15)13(19(4-2)17-12)10-18-7-5-11(9-16)6-8-18/h11H,3-8,10H2,1-2H3. The van der Waals surface area contributed by atoms with Crippen LogP contribution in [0.25, 0.3) is 0 Å². The van der Waals surface area contributed by atoms with Gasteiger partial charge in [-0.25, -0.2) is 0 Å². The van der Waals surface area contributed by atoms with E-state index in [0.717, 1.165) is 51.1 Å². The molecule has 0 bridgehead atoms. The van der Waals surface area contributed by atoms with Crippen LogP contribution >= 0.6 is 15.9 Å². The summed E-state index contributed by atoms with van der Waals surface area (Å²) in [6.45, 7) is 8.13. The maximum atomic E-state index is 8.94. The molecule has 0 unspecified atom stereocenters. The summed E-state index contributed by atoms with van der Waals surface area (Å²) in [5.74, 6) is 0.252. The fourth-order valence-electron chi connectivity index (χ4n) is 2.60. The molecule has 0 radical (unpaired) electrons. The molecule has 0 aromatic carbocycles. The third-order valence-corrected chi connectivity index (χ3v) is 4.75. The zero-order chi connectivity index (χ0) is 13.8. The van der Waals surface area contributed by atoms with Gasteiger partial charge >= 0.3 is 0 Å². The van der Waals surface area contributed by atoms with Gasteiger partial charge in [-0.3, -0.25) is 9.58 Å². The predicted molar refractivity (Wildman–Crippen MR) is 78.6 cm³/mol. The number of aryl methyl sites for hydroxylation is 2. The van der Waals surface area contributed by atoms with Crippen molar-refractivity contribution in [1.82, 2.24) is 14.7 Å². The highest BCUT2D eigenvalue weighted by Crippen LogP contribution is 2.25. The van der Waals surface area contributed by atoms with Gasteiger partial charge in [-0.05, 0) is 55.2 Å². The zero-order valence-electron chi connectivity index (χ0n) is 11.7. The summed E-state index contributed by atoms with van der Waals surface area (Å²) < 4.78 is 3.26. The van der Waals surface area contributed by atoms with Crippen molar-refractivity contribution in [1.29, 1.82) is 5.26 Å². The van der Waals surface area contributed by atoms with Crippen LogP contribution in [0.5, 0.6) is 0 Å². The number of nitriles is 1. The molecule has 104 valence electrons. The van der Waals surface area contributed by atoms with Crippen LogP contribution in [0.1, 0.15) is 38.1 Å². The minimum atomic E-state index is 0.252. The Bertz CT molecular complexity index is 467. The van der Waals surface area contributed by atoms with Crippen molar-refractivity contribution in [2.75, 3.05) is 13.1 Å². The molecular weight excluding hydrogens is 304 g/mol. The van der Waals surface area contributed by atoms with Crippen molar-refractivity contribution in [3.05, 3.63) is 15.9 Å². The highest BCUT2D eigenvalue weighted by molar-refractivity contribution is 9.10. The maximum absolute atomic E-state index is 8.94. The number of nitrogens with zero attached hydrogens (tertiary/aromatic N) is 4. The lowest BCUT2D eigenvalue weighted by Crippen LogP contribution is -2.33. The molecule has 1 aromatic heterocycles. The van der Waals surface area contributed by atoms with Crippen molar-refractivity contribution in [2.24, 2.45) is 5.92 Å². The number of halogens is 1. The molecule has 1 aliphatic heterocycles. The van der Waals surface area contributed by atoms with Gasteiger partial charge in [0.25, 0.3) is 0 Å². The summed E-state index contributed by atoms with van der Waals surface area (Å²) >= 11 is 3.69. The zero-order valence-corrected chi connectivity index (χ0v) is 13.3. The number of likely N-dealkylation sites (tertiary alicyclic amines) is 1. The van der Waals surface area contributed by atoms with Gasteiger partial charge < -0.3 is 0 Å². The largest absolute Gasteiger partial charge is 0.297 e. The van der Waals surface area contributed by atoms with Crippen molar-refractivity contribution >= 4 is 15.9 Å². The van der Waals surface area contributed by atoms with Crippen molar-refractivity contribution < 1.29 is 0 Å². The summed E-state index contributed by atoms with van der Waals surface area (Å²) in [7, 11) is 0. The van der Waals surface area contributed by atoms with Crippen LogP contribution in [0.3, 0.4) is 0 Å². The van der Waals surface area contributed by atoms with E-state index in [1.54, 1.807) is 0 Å². The van der Waals surface area contributed by atoms with E-state index in [1.165, 1.54) is 10.2 Å². The highest BCUT2D eigenvalue weighted by atomic mass is 79.9. The Kier molecular flexibility index (Phi) is 5.00. The average molecular weight is 325 g/mol. The van der Waals surface area contributed by atoms with E-state index in [9.17, 15) is 0 Å². The van der Waals surface area contributed by atoms with Gasteiger partial charge in [-0.1, -0.05) is 6.92 Å². The Hall–Kier alpha value is -0.860. The van der Waals surface area contributed by atoms with Crippen LogP contribution in [-0.2, 0) is 19.5 Å². The first kappa shape index (κ1) is 14.5. The number of rotatable bonds is 4. The summed E-state index contributed by atoms with van der Waals surface area (Å²) in [5.41, 5.74) is 2.42. The molecule has 0 N–H and O–H groups in total. The third-order valence-electron chi connectivity index (χ3n) is 3.84. The topological polar surface area (TPSA) is 44.9 Å². The predicted octanol–water partition coefficient (Wildman–Crippen LogP) is 2.96. The quantitative estimate of drug-likeness (QED) is 0.855. The molecule has 19 heavy (non-hydrogen) atoms. The highest BCUT2D eigenvalue weighted by Gasteiger charge is 2.22. The molecule has 5 heteroatoms. The van der Waals surface area contributed by atoms with Crippen LogP contribution in [0.2, 0.25) is 0 Å². The first-order valence-electron chi connectivity index (χ1n) is 7.05. The van der Waals surface area contributed by atoms with Gasteiger partial charge in [0, 0.05) is 19.0 Å². The van der Waals surface area contributed by atoms with E-state index in [1.807, 2.05) is 0 Å². The molecule has 2 rings (SSSR count). The lowest BCUT2D eigenvalue weighted by atomic mass is 9.98. The lowest BCUT2D eigenvalue weighted by molar-refractivity contribution is 0.193. The molecular formula is C14H21BrN4. The van der Waals surface area contributed by atoms with Crippen molar-refractivity contribution in [2.45, 2.75) is 46.2 Å². The minimum absolute atomic E-state index is 0.252. The smallest absolute Gasteiger partial charge is 0.0767 e. The molecule has 4 nitrogen and oxygen atoms in total. The minimum Gasteiger partial charge on any atom is -0.297 e. The molecule has 0 spiro atoms. The van der Waals surface area contributed by atoms with Crippen LogP contribution in [-0.4, -0.2) is 27.8 Å². The number of piperidine rings is 1. The maximum Gasteiger partial charge on any atom is 0.0767 e.